The van der Waals surface area contributed by atoms with Gasteiger partial charge in [0, 0.05) is 13.0 Å². The molecule has 1 heterocycles. The summed E-state index contributed by atoms with van der Waals surface area (Å²) in [5.41, 5.74) is 11.5. The summed E-state index contributed by atoms with van der Waals surface area (Å²) in [5.74, 6) is -3.34. The largest absolute Gasteiger partial charge is 0.508 e. The molecule has 1 saturated heterocycles. The van der Waals surface area contributed by atoms with E-state index in [0.717, 1.165) is 0 Å². The Balaban J connectivity index is 2.59. The molecule has 10 N–H and O–H groups in total. The fourth-order valence-corrected chi connectivity index (χ4v) is 5.12. The van der Waals surface area contributed by atoms with Crippen LogP contribution in [0.2, 0.25) is 0 Å². The van der Waals surface area contributed by atoms with Gasteiger partial charge in [0.15, 0.2) is 5.96 Å². The van der Waals surface area contributed by atoms with Crippen molar-refractivity contribution in [3.8, 4) is 5.75 Å². The van der Waals surface area contributed by atoms with E-state index in [1.807, 2.05) is 27.7 Å². The van der Waals surface area contributed by atoms with Gasteiger partial charge in [-0.2, -0.15) is 0 Å². The lowest BCUT2D eigenvalue weighted by molar-refractivity contribution is -0.135. The van der Waals surface area contributed by atoms with Crippen LogP contribution in [0.4, 0.5) is 0 Å². The molecule has 0 aliphatic carbocycles. The van der Waals surface area contributed by atoms with Crippen LogP contribution >= 0.6 is 0 Å². The molecule has 0 saturated carbocycles. The van der Waals surface area contributed by atoms with E-state index in [9.17, 15) is 29.1 Å². The zero-order chi connectivity index (χ0) is 34.6. The summed E-state index contributed by atoms with van der Waals surface area (Å²) in [6.45, 7) is 11.3. The summed E-state index contributed by atoms with van der Waals surface area (Å²) in [7, 11) is 0. The average Bonchev–Trinajstić information content (AvgIpc) is 2.95. The maximum absolute atomic E-state index is 13.8. The van der Waals surface area contributed by atoms with Crippen molar-refractivity contribution in [2.45, 2.75) is 104 Å². The Kier molecular flexibility index (Phi) is 14.8. The third kappa shape index (κ3) is 12.6. The predicted octanol–water partition coefficient (Wildman–Crippen LogP) is 0.174. The number of nitrogens with one attached hydrogen (secondary N) is 5. The first-order chi connectivity index (χ1) is 21.6. The van der Waals surface area contributed by atoms with Crippen molar-refractivity contribution < 1.29 is 29.1 Å². The highest BCUT2D eigenvalue weighted by molar-refractivity contribution is 5.98. The van der Waals surface area contributed by atoms with Gasteiger partial charge >= 0.3 is 0 Å². The summed E-state index contributed by atoms with van der Waals surface area (Å²) in [6.07, 6.45) is 1.06. The topological polar surface area (TPSA) is 230 Å². The van der Waals surface area contributed by atoms with E-state index in [-0.39, 0.29) is 55.3 Å². The van der Waals surface area contributed by atoms with Crippen LogP contribution < -0.4 is 38.1 Å². The number of guanidine groups is 1. The third-order valence-electron chi connectivity index (χ3n) is 7.51. The first-order valence-corrected chi connectivity index (χ1v) is 15.9. The molecule has 5 atom stereocenters. The van der Waals surface area contributed by atoms with Gasteiger partial charge in [-0.05, 0) is 61.1 Å². The second kappa shape index (κ2) is 18.0. The first kappa shape index (κ1) is 37.8. The minimum Gasteiger partial charge on any atom is -0.508 e. The Morgan fingerprint density at radius 3 is 1.65 bits per heavy atom. The first-order valence-electron chi connectivity index (χ1n) is 15.9. The van der Waals surface area contributed by atoms with Crippen molar-refractivity contribution in [1.29, 1.82) is 0 Å². The Morgan fingerprint density at radius 1 is 0.696 bits per heavy atom. The average molecular weight is 645 g/mol. The zero-order valence-electron chi connectivity index (χ0n) is 27.8. The number of carbonyl (C=O) groups is 5. The minimum absolute atomic E-state index is 0.00221. The van der Waals surface area contributed by atoms with Crippen molar-refractivity contribution in [1.82, 2.24) is 26.6 Å². The number of nitrogens with zero attached hydrogens (tertiary/aromatic N) is 1. The summed E-state index contributed by atoms with van der Waals surface area (Å²) in [6, 6.07) is 0.943. The van der Waals surface area contributed by atoms with Crippen molar-refractivity contribution in [3.63, 3.8) is 0 Å². The van der Waals surface area contributed by atoms with Crippen molar-refractivity contribution in [3.05, 3.63) is 29.8 Å². The summed E-state index contributed by atoms with van der Waals surface area (Å²) >= 11 is 0. The highest BCUT2D eigenvalue weighted by Gasteiger charge is 2.35. The molecule has 14 nitrogen and oxygen atoms in total. The molecular formula is C32H52N8O6. The number of nitrogens with two attached hydrogens (primary N) is 2. The van der Waals surface area contributed by atoms with Gasteiger partial charge in [0.25, 0.3) is 0 Å². The van der Waals surface area contributed by atoms with Crippen LogP contribution in [0.3, 0.4) is 0 Å². The lowest BCUT2D eigenvalue weighted by atomic mass is 9.98. The van der Waals surface area contributed by atoms with E-state index in [2.05, 4.69) is 31.6 Å². The van der Waals surface area contributed by atoms with Crippen molar-refractivity contribution >= 4 is 35.5 Å². The molecule has 1 aromatic carbocycles. The highest BCUT2D eigenvalue weighted by Crippen LogP contribution is 2.15. The van der Waals surface area contributed by atoms with Crippen LogP contribution in [0.1, 0.15) is 72.8 Å². The van der Waals surface area contributed by atoms with Crippen LogP contribution in [0.15, 0.2) is 29.3 Å². The third-order valence-corrected chi connectivity index (χ3v) is 7.51. The molecule has 46 heavy (non-hydrogen) atoms. The lowest BCUT2D eigenvalue weighted by Gasteiger charge is -2.28. The van der Waals surface area contributed by atoms with E-state index in [4.69, 9.17) is 11.5 Å². The van der Waals surface area contributed by atoms with Gasteiger partial charge in [-0.3, -0.25) is 29.0 Å². The second-order valence-corrected chi connectivity index (χ2v) is 13.1. The number of hydrogen-bond acceptors (Lipinski definition) is 7. The fraction of sp³-hybridized carbons (Fsp3) is 0.625. The van der Waals surface area contributed by atoms with Gasteiger partial charge in [-0.1, -0.05) is 53.7 Å². The molecule has 0 unspecified atom stereocenters. The number of aromatic hydroxyl groups is 1. The minimum atomic E-state index is -1.14. The Hall–Kier alpha value is -4.36. The summed E-state index contributed by atoms with van der Waals surface area (Å²) in [4.78, 5) is 72.3. The number of rotatable bonds is 11. The lowest BCUT2D eigenvalue weighted by Crippen LogP contribution is -2.59. The van der Waals surface area contributed by atoms with Crippen molar-refractivity contribution in [2.75, 3.05) is 6.54 Å². The molecule has 256 valence electrons. The van der Waals surface area contributed by atoms with Gasteiger partial charge in [0.2, 0.25) is 29.5 Å². The molecule has 0 spiro atoms. The van der Waals surface area contributed by atoms with Crippen LogP contribution in [0.5, 0.6) is 5.75 Å². The van der Waals surface area contributed by atoms with Gasteiger partial charge < -0.3 is 43.2 Å². The fourth-order valence-electron chi connectivity index (χ4n) is 5.12. The highest BCUT2D eigenvalue weighted by atomic mass is 16.3. The molecule has 1 aromatic rings. The van der Waals surface area contributed by atoms with Gasteiger partial charge in [0.1, 0.15) is 36.0 Å². The van der Waals surface area contributed by atoms with Crippen LogP contribution in [0, 0.1) is 17.8 Å². The van der Waals surface area contributed by atoms with Crippen LogP contribution in [-0.2, 0) is 30.4 Å². The molecule has 2 rings (SSSR count). The standard InChI is InChI=1S/C32H52N8O6/c1-17(2)14-23-28(43)38-25(16-20-9-11-21(41)12-10-20)30(45)36-22(8-7-13-35-32(33)34)27(42)40-26(19(5)6)31(46)39-24(15-18(3)4)29(44)37-23/h9-12,17-19,22-26,41H,7-8,13-16H2,1-6H3,(H,36,45)(H,37,44)(H,38,43)(H,39,46)(H,40,42)(H4,33,34,35)/t22-,23-,24+,25+,26-/m1/s1. The second-order valence-electron chi connectivity index (χ2n) is 13.1. The quantitative estimate of drug-likeness (QED) is 0.0938. The van der Waals surface area contributed by atoms with Crippen LogP contribution in [0.25, 0.3) is 0 Å². The molecule has 1 aliphatic rings. The van der Waals surface area contributed by atoms with E-state index >= 15 is 0 Å². The Labute approximate surface area is 271 Å². The maximum atomic E-state index is 13.8. The van der Waals surface area contributed by atoms with Gasteiger partial charge in [0.05, 0.1) is 0 Å². The van der Waals surface area contributed by atoms with Crippen molar-refractivity contribution in [2.24, 2.45) is 34.2 Å². The SMILES string of the molecule is CC(C)C[C@@H]1NC(=O)[C@@H](C(C)C)NC(=O)[C@@H](CCCN=C(N)N)NC(=O)[C@H](Cc2ccc(O)cc2)NC(=O)[C@@H](CC(C)C)NC1=O. The molecule has 0 bridgehead atoms. The number of carbonyl (C=O) groups excluding carboxylic acids is 5. The van der Waals surface area contributed by atoms with Crippen LogP contribution in [-0.4, -0.2) is 77.4 Å². The summed E-state index contributed by atoms with van der Waals surface area (Å²) in [5, 5.41) is 23.6. The number of phenols is 1. The normalized spacial score (nSPS) is 23.5. The molecule has 0 radical (unpaired) electrons. The summed E-state index contributed by atoms with van der Waals surface area (Å²) < 4.78 is 0. The molecule has 14 heteroatoms. The number of aliphatic imine (C=N–C) groups is 1. The Bertz CT molecular complexity index is 1230. The zero-order valence-corrected chi connectivity index (χ0v) is 27.8. The molecular weight excluding hydrogens is 592 g/mol. The van der Waals surface area contributed by atoms with E-state index in [1.54, 1.807) is 26.0 Å². The monoisotopic (exact) mass is 644 g/mol. The predicted molar refractivity (Wildman–Crippen MR) is 175 cm³/mol. The molecule has 0 aromatic heterocycles. The number of phenolic OH excluding ortho intramolecular Hbond substituents is 1. The van der Waals surface area contributed by atoms with Gasteiger partial charge in [-0.25, -0.2) is 0 Å². The maximum Gasteiger partial charge on any atom is 0.243 e. The van der Waals surface area contributed by atoms with Gasteiger partial charge in [-0.15, -0.1) is 0 Å². The molecule has 1 fully saturated rings. The van der Waals surface area contributed by atoms with E-state index in [1.165, 1.54) is 12.1 Å². The smallest absolute Gasteiger partial charge is 0.243 e. The number of benzene rings is 1. The number of hydrogen-bond donors (Lipinski definition) is 8. The van der Waals surface area contributed by atoms with E-state index in [0.29, 0.717) is 18.4 Å². The van der Waals surface area contributed by atoms with E-state index < -0.39 is 59.7 Å². The number of amides is 5. The molecule has 1 aliphatic heterocycles. The molecule has 5 amide bonds. The Morgan fingerprint density at radius 2 is 1.15 bits per heavy atom.